The lowest BCUT2D eigenvalue weighted by Crippen LogP contribution is -2.20. The number of hydrogen-bond donors (Lipinski definition) is 0. The van der Waals surface area contributed by atoms with Crippen molar-refractivity contribution in [1.82, 2.24) is 0 Å². The molecular weight excluding hydrogens is 188 g/mol. The van der Waals surface area contributed by atoms with Crippen molar-refractivity contribution in [3.05, 3.63) is 11.6 Å². The van der Waals surface area contributed by atoms with E-state index < -0.39 is 0 Å². The molecule has 0 saturated carbocycles. The zero-order valence-electron chi connectivity index (χ0n) is 9.92. The van der Waals surface area contributed by atoms with Crippen LogP contribution >= 0.6 is 0 Å². The third-order valence-electron chi connectivity index (χ3n) is 2.93. The minimum Gasteiger partial charge on any atom is -0.459 e. The molecule has 0 amide bonds. The molecule has 2 heteroatoms. The summed E-state index contributed by atoms with van der Waals surface area (Å²) in [5.41, 5.74) is 0.879. The lowest BCUT2D eigenvalue weighted by atomic mass is 9.99. The quantitative estimate of drug-likeness (QED) is 0.474. The second kappa shape index (κ2) is 6.65. The summed E-state index contributed by atoms with van der Waals surface area (Å²) in [7, 11) is 0. The van der Waals surface area contributed by atoms with E-state index in [1.807, 2.05) is 6.08 Å². The third-order valence-corrected chi connectivity index (χ3v) is 2.93. The van der Waals surface area contributed by atoms with Crippen LogP contribution in [-0.2, 0) is 9.53 Å². The lowest BCUT2D eigenvalue weighted by Gasteiger charge is -2.19. The molecule has 0 aromatic rings. The second-order valence-corrected chi connectivity index (χ2v) is 4.20. The highest BCUT2D eigenvalue weighted by Crippen LogP contribution is 2.21. The topological polar surface area (TPSA) is 26.3 Å². The van der Waals surface area contributed by atoms with E-state index in [0.717, 1.165) is 31.3 Å². The number of rotatable bonds is 7. The Bertz CT molecular complexity index is 231. The van der Waals surface area contributed by atoms with E-state index in [-0.39, 0.29) is 12.1 Å². The van der Waals surface area contributed by atoms with Gasteiger partial charge >= 0.3 is 5.97 Å². The van der Waals surface area contributed by atoms with E-state index in [4.69, 9.17) is 4.74 Å². The van der Waals surface area contributed by atoms with Crippen LogP contribution < -0.4 is 0 Å². The molecule has 1 rings (SSSR count). The minimum absolute atomic E-state index is 0.0791. The van der Waals surface area contributed by atoms with Gasteiger partial charge in [0.25, 0.3) is 0 Å². The SMILES string of the molecule is CCCCCC(CC)OC(=O)C1=CCC1. The Hall–Kier alpha value is -0.790. The summed E-state index contributed by atoms with van der Waals surface area (Å²) < 4.78 is 5.44. The maximum Gasteiger partial charge on any atom is 0.333 e. The Labute approximate surface area is 92.7 Å². The summed E-state index contributed by atoms with van der Waals surface area (Å²) in [6.45, 7) is 4.27. The second-order valence-electron chi connectivity index (χ2n) is 4.20. The molecule has 86 valence electrons. The first kappa shape index (κ1) is 12.3. The summed E-state index contributed by atoms with van der Waals surface area (Å²) in [5.74, 6) is -0.0791. The molecule has 1 aliphatic rings. The molecule has 0 spiro atoms. The zero-order chi connectivity index (χ0) is 11.1. The number of carbonyl (C=O) groups excluding carboxylic acids is 1. The van der Waals surface area contributed by atoms with Gasteiger partial charge in [-0.05, 0) is 32.1 Å². The number of unbranched alkanes of at least 4 members (excludes halogenated alkanes) is 2. The molecule has 2 nitrogen and oxygen atoms in total. The highest BCUT2D eigenvalue weighted by Gasteiger charge is 2.19. The van der Waals surface area contributed by atoms with Gasteiger partial charge in [0.15, 0.2) is 0 Å². The number of carbonyl (C=O) groups is 1. The highest BCUT2D eigenvalue weighted by molar-refractivity contribution is 5.89. The van der Waals surface area contributed by atoms with Crippen molar-refractivity contribution in [2.24, 2.45) is 0 Å². The average Bonchev–Trinajstić information content (AvgIpc) is 2.13. The number of ether oxygens (including phenoxy) is 1. The Morgan fingerprint density at radius 2 is 2.20 bits per heavy atom. The first-order valence-electron chi connectivity index (χ1n) is 6.18. The van der Waals surface area contributed by atoms with Gasteiger partial charge in [0.1, 0.15) is 6.10 Å². The van der Waals surface area contributed by atoms with Gasteiger partial charge in [0.05, 0.1) is 0 Å². The molecule has 0 aliphatic heterocycles. The Kier molecular flexibility index (Phi) is 5.44. The molecule has 0 aromatic carbocycles. The molecule has 0 bridgehead atoms. The Balaban J connectivity index is 2.23. The van der Waals surface area contributed by atoms with Crippen molar-refractivity contribution in [2.45, 2.75) is 64.9 Å². The largest absolute Gasteiger partial charge is 0.459 e. The van der Waals surface area contributed by atoms with Crippen LogP contribution in [0.5, 0.6) is 0 Å². The molecule has 0 radical (unpaired) electrons. The van der Waals surface area contributed by atoms with Gasteiger partial charge in [-0.15, -0.1) is 0 Å². The minimum atomic E-state index is -0.0791. The van der Waals surface area contributed by atoms with Crippen molar-refractivity contribution in [2.75, 3.05) is 0 Å². The molecule has 0 aromatic heterocycles. The van der Waals surface area contributed by atoms with Gasteiger partial charge < -0.3 is 4.74 Å². The van der Waals surface area contributed by atoms with E-state index in [1.165, 1.54) is 19.3 Å². The first-order valence-corrected chi connectivity index (χ1v) is 6.18. The van der Waals surface area contributed by atoms with Gasteiger partial charge in [-0.2, -0.15) is 0 Å². The van der Waals surface area contributed by atoms with Crippen LogP contribution in [0.4, 0.5) is 0 Å². The lowest BCUT2D eigenvalue weighted by molar-refractivity contribution is -0.145. The summed E-state index contributed by atoms with van der Waals surface area (Å²) in [6, 6.07) is 0. The predicted molar refractivity (Wildman–Crippen MR) is 61.6 cm³/mol. The fourth-order valence-corrected chi connectivity index (χ4v) is 1.67. The van der Waals surface area contributed by atoms with E-state index in [1.54, 1.807) is 0 Å². The number of esters is 1. The molecular formula is C13H22O2. The van der Waals surface area contributed by atoms with E-state index >= 15 is 0 Å². The Morgan fingerprint density at radius 3 is 2.67 bits per heavy atom. The summed E-state index contributed by atoms with van der Waals surface area (Å²) >= 11 is 0. The van der Waals surface area contributed by atoms with Crippen LogP contribution in [0.2, 0.25) is 0 Å². The van der Waals surface area contributed by atoms with Crippen molar-refractivity contribution < 1.29 is 9.53 Å². The maximum absolute atomic E-state index is 11.5. The monoisotopic (exact) mass is 210 g/mol. The molecule has 1 unspecified atom stereocenters. The zero-order valence-corrected chi connectivity index (χ0v) is 9.92. The van der Waals surface area contributed by atoms with Crippen molar-refractivity contribution in [1.29, 1.82) is 0 Å². The van der Waals surface area contributed by atoms with Crippen LogP contribution in [-0.4, -0.2) is 12.1 Å². The highest BCUT2D eigenvalue weighted by atomic mass is 16.5. The third kappa shape index (κ3) is 4.06. The van der Waals surface area contributed by atoms with Gasteiger partial charge in [-0.1, -0.05) is 32.8 Å². The average molecular weight is 210 g/mol. The predicted octanol–water partition coefficient (Wildman–Crippen LogP) is 3.61. The maximum atomic E-state index is 11.5. The fourth-order valence-electron chi connectivity index (χ4n) is 1.67. The summed E-state index contributed by atoms with van der Waals surface area (Å²) in [6.07, 6.45) is 9.62. The van der Waals surface area contributed by atoms with Gasteiger partial charge in [0, 0.05) is 5.57 Å². The molecule has 1 aliphatic carbocycles. The number of allylic oxidation sites excluding steroid dienone is 1. The summed E-state index contributed by atoms with van der Waals surface area (Å²) in [4.78, 5) is 11.5. The normalized spacial score (nSPS) is 16.5. The van der Waals surface area contributed by atoms with Crippen LogP contribution in [0.3, 0.4) is 0 Å². The van der Waals surface area contributed by atoms with Crippen molar-refractivity contribution >= 4 is 5.97 Å². The standard InChI is InChI=1S/C13H22O2/c1-3-5-6-10-12(4-2)15-13(14)11-8-7-9-11/h8,12H,3-7,9-10H2,1-2H3. The molecule has 1 atom stereocenters. The van der Waals surface area contributed by atoms with Gasteiger partial charge in [-0.3, -0.25) is 0 Å². The van der Waals surface area contributed by atoms with Crippen LogP contribution in [0, 0.1) is 0 Å². The molecule has 0 heterocycles. The first-order chi connectivity index (χ1) is 7.27. The molecule has 15 heavy (non-hydrogen) atoms. The summed E-state index contributed by atoms with van der Waals surface area (Å²) in [5, 5.41) is 0. The van der Waals surface area contributed by atoms with Crippen LogP contribution in [0.1, 0.15) is 58.8 Å². The molecule has 0 saturated heterocycles. The fraction of sp³-hybridized carbons (Fsp3) is 0.769. The Morgan fingerprint density at radius 1 is 1.47 bits per heavy atom. The van der Waals surface area contributed by atoms with Gasteiger partial charge in [-0.25, -0.2) is 4.79 Å². The van der Waals surface area contributed by atoms with E-state index in [0.29, 0.717) is 0 Å². The number of hydrogen-bond acceptors (Lipinski definition) is 2. The molecule has 0 N–H and O–H groups in total. The molecule has 0 fully saturated rings. The van der Waals surface area contributed by atoms with Crippen molar-refractivity contribution in [3.63, 3.8) is 0 Å². The van der Waals surface area contributed by atoms with Crippen LogP contribution in [0.15, 0.2) is 11.6 Å². The van der Waals surface area contributed by atoms with E-state index in [9.17, 15) is 4.79 Å². The van der Waals surface area contributed by atoms with E-state index in [2.05, 4.69) is 13.8 Å². The van der Waals surface area contributed by atoms with Crippen LogP contribution in [0.25, 0.3) is 0 Å². The van der Waals surface area contributed by atoms with Gasteiger partial charge in [0.2, 0.25) is 0 Å². The van der Waals surface area contributed by atoms with Crippen molar-refractivity contribution in [3.8, 4) is 0 Å². The smallest absolute Gasteiger partial charge is 0.333 e.